The van der Waals surface area contributed by atoms with Crippen molar-refractivity contribution in [3.8, 4) is 0 Å². The van der Waals surface area contributed by atoms with E-state index in [1.807, 2.05) is 24.3 Å². The maximum Gasteiger partial charge on any atom is 0.306 e. The lowest BCUT2D eigenvalue weighted by atomic mass is 10.1. The van der Waals surface area contributed by atoms with Crippen molar-refractivity contribution < 1.29 is 14.7 Å². The summed E-state index contributed by atoms with van der Waals surface area (Å²) in [5.41, 5.74) is 1.11. The molecule has 0 saturated heterocycles. The van der Waals surface area contributed by atoms with Crippen LogP contribution in [-0.4, -0.2) is 23.0 Å². The fourth-order valence-electron chi connectivity index (χ4n) is 3.24. The highest BCUT2D eigenvalue weighted by atomic mass is 35.5. The molecule has 0 aromatic heterocycles. The Hall–Kier alpha value is -1.55. The van der Waals surface area contributed by atoms with Gasteiger partial charge in [0, 0.05) is 17.0 Å². The Morgan fingerprint density at radius 1 is 1.24 bits per heavy atom. The van der Waals surface area contributed by atoms with Crippen LogP contribution in [0.2, 0.25) is 5.02 Å². The molecule has 21 heavy (non-hydrogen) atoms. The highest BCUT2D eigenvalue weighted by Gasteiger charge is 2.45. The largest absolute Gasteiger partial charge is 0.481 e. The van der Waals surface area contributed by atoms with Crippen molar-refractivity contribution in [1.82, 2.24) is 5.32 Å². The van der Waals surface area contributed by atoms with Gasteiger partial charge in [-0.05, 0) is 49.3 Å². The van der Waals surface area contributed by atoms with Crippen LogP contribution in [0.4, 0.5) is 0 Å². The van der Waals surface area contributed by atoms with Gasteiger partial charge in [-0.3, -0.25) is 9.59 Å². The van der Waals surface area contributed by atoms with Gasteiger partial charge in [0.2, 0.25) is 5.91 Å². The molecule has 5 heteroatoms. The summed E-state index contributed by atoms with van der Waals surface area (Å²) in [5.74, 6) is -0.753. The molecule has 3 rings (SSSR count). The molecule has 2 N–H and O–H groups in total. The standard InChI is InChI=1S/C16H18ClNO3/c17-11-3-1-2-9(6-11)13-8-14(13)15(19)18-12-5-4-10(7-12)16(20)21/h1-3,6,10,12-14H,4-5,7-8H2,(H,18,19)(H,20,21)/t10-,12+,13?,14?/m0/s1. The third-order valence-electron chi connectivity index (χ3n) is 4.53. The average molecular weight is 308 g/mol. The highest BCUT2D eigenvalue weighted by Crippen LogP contribution is 2.48. The number of rotatable bonds is 4. The number of carbonyl (C=O) groups is 2. The first kappa shape index (κ1) is 14.4. The van der Waals surface area contributed by atoms with Gasteiger partial charge in [0.1, 0.15) is 0 Å². The summed E-state index contributed by atoms with van der Waals surface area (Å²) >= 11 is 5.97. The Morgan fingerprint density at radius 2 is 2.05 bits per heavy atom. The van der Waals surface area contributed by atoms with E-state index in [2.05, 4.69) is 5.32 Å². The number of amides is 1. The van der Waals surface area contributed by atoms with Gasteiger partial charge in [-0.25, -0.2) is 0 Å². The lowest BCUT2D eigenvalue weighted by molar-refractivity contribution is -0.141. The predicted molar refractivity (Wildman–Crippen MR) is 79.2 cm³/mol. The number of aliphatic carboxylic acids is 1. The molecule has 0 radical (unpaired) electrons. The zero-order chi connectivity index (χ0) is 15.0. The van der Waals surface area contributed by atoms with Crippen molar-refractivity contribution in [3.63, 3.8) is 0 Å². The Bertz CT molecular complexity index is 574. The molecule has 0 aliphatic heterocycles. The molecule has 0 spiro atoms. The molecule has 4 atom stereocenters. The smallest absolute Gasteiger partial charge is 0.306 e. The molecule has 0 heterocycles. The molecule has 2 aliphatic rings. The topological polar surface area (TPSA) is 66.4 Å². The summed E-state index contributed by atoms with van der Waals surface area (Å²) in [5, 5.41) is 12.7. The van der Waals surface area contributed by atoms with Crippen molar-refractivity contribution in [2.75, 3.05) is 0 Å². The number of benzene rings is 1. The molecule has 1 amide bonds. The number of carbonyl (C=O) groups excluding carboxylic acids is 1. The van der Waals surface area contributed by atoms with Gasteiger partial charge < -0.3 is 10.4 Å². The van der Waals surface area contributed by atoms with Crippen LogP contribution in [0, 0.1) is 11.8 Å². The lowest BCUT2D eigenvalue weighted by Crippen LogP contribution is -2.34. The van der Waals surface area contributed by atoms with Crippen LogP contribution in [0.25, 0.3) is 0 Å². The Labute approximate surface area is 128 Å². The van der Waals surface area contributed by atoms with E-state index in [0.29, 0.717) is 17.9 Å². The molecule has 1 aromatic carbocycles. The van der Waals surface area contributed by atoms with Crippen LogP contribution >= 0.6 is 11.6 Å². The first-order valence-electron chi connectivity index (χ1n) is 7.33. The molecular formula is C16H18ClNO3. The first-order valence-corrected chi connectivity index (χ1v) is 7.71. The second-order valence-corrected chi connectivity index (χ2v) is 6.49. The van der Waals surface area contributed by atoms with E-state index in [0.717, 1.165) is 18.4 Å². The minimum Gasteiger partial charge on any atom is -0.481 e. The van der Waals surface area contributed by atoms with Crippen LogP contribution in [0.1, 0.15) is 37.2 Å². The van der Waals surface area contributed by atoms with Crippen LogP contribution in [-0.2, 0) is 9.59 Å². The SMILES string of the molecule is O=C(N[C@@H]1CC[C@H](C(=O)O)C1)C1CC1c1cccc(Cl)c1. The number of hydrogen-bond acceptors (Lipinski definition) is 2. The summed E-state index contributed by atoms with van der Waals surface area (Å²) in [4.78, 5) is 23.1. The maximum absolute atomic E-state index is 12.2. The minimum atomic E-state index is -0.755. The lowest BCUT2D eigenvalue weighted by Gasteiger charge is -2.12. The van der Waals surface area contributed by atoms with Crippen LogP contribution in [0.5, 0.6) is 0 Å². The summed E-state index contributed by atoms with van der Waals surface area (Å²) in [6.07, 6.45) is 2.82. The fourth-order valence-corrected chi connectivity index (χ4v) is 3.43. The van der Waals surface area contributed by atoms with Crippen LogP contribution < -0.4 is 5.32 Å². The van der Waals surface area contributed by atoms with Crippen molar-refractivity contribution in [2.45, 2.75) is 37.6 Å². The third kappa shape index (κ3) is 3.21. The van der Waals surface area contributed by atoms with Crippen molar-refractivity contribution in [2.24, 2.45) is 11.8 Å². The van der Waals surface area contributed by atoms with Gasteiger partial charge in [0.15, 0.2) is 0 Å². The molecule has 2 saturated carbocycles. The van der Waals surface area contributed by atoms with E-state index >= 15 is 0 Å². The van der Waals surface area contributed by atoms with Gasteiger partial charge in [-0.2, -0.15) is 0 Å². The maximum atomic E-state index is 12.2. The summed E-state index contributed by atoms with van der Waals surface area (Å²) in [7, 11) is 0. The van der Waals surface area contributed by atoms with E-state index in [-0.39, 0.29) is 29.7 Å². The van der Waals surface area contributed by atoms with Crippen molar-refractivity contribution in [3.05, 3.63) is 34.9 Å². The Balaban J connectivity index is 1.53. The number of carboxylic acid groups (broad SMARTS) is 1. The number of carboxylic acids is 1. The van der Waals surface area contributed by atoms with E-state index < -0.39 is 5.97 Å². The van der Waals surface area contributed by atoms with Crippen molar-refractivity contribution in [1.29, 1.82) is 0 Å². The highest BCUT2D eigenvalue weighted by molar-refractivity contribution is 6.30. The fraction of sp³-hybridized carbons (Fsp3) is 0.500. The summed E-state index contributed by atoms with van der Waals surface area (Å²) < 4.78 is 0. The molecule has 2 unspecified atom stereocenters. The first-order chi connectivity index (χ1) is 10.0. The van der Waals surface area contributed by atoms with Gasteiger partial charge in [0.05, 0.1) is 5.92 Å². The number of nitrogens with one attached hydrogen (secondary N) is 1. The van der Waals surface area contributed by atoms with Gasteiger partial charge in [-0.1, -0.05) is 23.7 Å². The molecular weight excluding hydrogens is 290 g/mol. The monoisotopic (exact) mass is 307 g/mol. The predicted octanol–water partition coefficient (Wildman–Crippen LogP) is 2.81. The number of halogens is 1. The second kappa shape index (κ2) is 5.68. The average Bonchev–Trinajstić information content (AvgIpc) is 3.11. The molecule has 0 bridgehead atoms. The zero-order valence-corrected chi connectivity index (χ0v) is 12.3. The Morgan fingerprint density at radius 3 is 2.71 bits per heavy atom. The van der Waals surface area contributed by atoms with Crippen molar-refractivity contribution >= 4 is 23.5 Å². The summed E-state index contributed by atoms with van der Waals surface area (Å²) in [6.45, 7) is 0. The molecule has 2 aliphatic carbocycles. The normalized spacial score (nSPS) is 30.9. The molecule has 2 fully saturated rings. The van der Waals surface area contributed by atoms with E-state index in [4.69, 9.17) is 16.7 Å². The van der Waals surface area contributed by atoms with Gasteiger partial charge in [0.25, 0.3) is 0 Å². The second-order valence-electron chi connectivity index (χ2n) is 6.06. The quantitative estimate of drug-likeness (QED) is 0.899. The van der Waals surface area contributed by atoms with Gasteiger partial charge in [-0.15, -0.1) is 0 Å². The van der Waals surface area contributed by atoms with Crippen LogP contribution in [0.15, 0.2) is 24.3 Å². The van der Waals surface area contributed by atoms with E-state index in [1.165, 1.54) is 0 Å². The number of hydrogen-bond donors (Lipinski definition) is 2. The zero-order valence-electron chi connectivity index (χ0n) is 11.6. The van der Waals surface area contributed by atoms with Gasteiger partial charge >= 0.3 is 5.97 Å². The summed E-state index contributed by atoms with van der Waals surface area (Å²) in [6, 6.07) is 7.65. The molecule has 4 nitrogen and oxygen atoms in total. The third-order valence-corrected chi connectivity index (χ3v) is 4.77. The Kier molecular flexibility index (Phi) is 3.89. The molecule has 112 valence electrons. The van der Waals surface area contributed by atoms with E-state index in [9.17, 15) is 9.59 Å². The minimum absolute atomic E-state index is 0.00680. The van der Waals surface area contributed by atoms with E-state index in [1.54, 1.807) is 0 Å². The molecule has 1 aromatic rings. The van der Waals surface area contributed by atoms with Crippen LogP contribution in [0.3, 0.4) is 0 Å².